The third kappa shape index (κ3) is 3.90. The fourth-order valence-electron chi connectivity index (χ4n) is 3.69. The molecule has 1 heterocycles. The van der Waals surface area contributed by atoms with E-state index in [1.807, 2.05) is 0 Å². The Balaban J connectivity index is 1.82. The second kappa shape index (κ2) is 6.73. The largest absolute Gasteiger partial charge is 0.352 e. The molecule has 0 bridgehead atoms. The summed E-state index contributed by atoms with van der Waals surface area (Å²) in [7, 11) is 0. The normalized spacial score (nSPS) is 27.1. The van der Waals surface area contributed by atoms with Crippen LogP contribution in [0, 0.1) is 11.3 Å². The monoisotopic (exact) mass is 337 g/mol. The van der Waals surface area contributed by atoms with Gasteiger partial charge >= 0.3 is 6.03 Å². The molecule has 0 spiro atoms. The second-order valence-corrected chi connectivity index (χ2v) is 8.40. The van der Waals surface area contributed by atoms with Crippen LogP contribution in [0.15, 0.2) is 0 Å². The summed E-state index contributed by atoms with van der Waals surface area (Å²) >= 11 is 0. The molecule has 6 nitrogen and oxygen atoms in total. The first-order chi connectivity index (χ1) is 11.1. The number of amides is 4. The number of rotatable bonds is 5. The molecule has 0 atom stereocenters. The van der Waals surface area contributed by atoms with Gasteiger partial charge in [0.2, 0.25) is 5.91 Å². The lowest BCUT2D eigenvalue weighted by molar-refractivity contribution is -0.134. The molecule has 1 aliphatic heterocycles. The molecule has 0 aromatic rings. The topological polar surface area (TPSA) is 78.5 Å². The highest BCUT2D eigenvalue weighted by Crippen LogP contribution is 2.40. The summed E-state index contributed by atoms with van der Waals surface area (Å²) < 4.78 is 0. The number of urea groups is 1. The minimum absolute atomic E-state index is 0.148. The molecule has 1 saturated carbocycles. The molecule has 0 aromatic carbocycles. The van der Waals surface area contributed by atoms with E-state index in [1.165, 1.54) is 0 Å². The predicted octanol–water partition coefficient (Wildman–Crippen LogP) is 2.43. The molecule has 4 amide bonds. The van der Waals surface area contributed by atoms with E-state index in [1.54, 1.807) is 13.8 Å². The minimum Gasteiger partial charge on any atom is -0.352 e. The van der Waals surface area contributed by atoms with Crippen LogP contribution < -0.4 is 10.6 Å². The van der Waals surface area contributed by atoms with E-state index in [2.05, 4.69) is 31.4 Å². The number of hydrogen-bond donors (Lipinski definition) is 2. The van der Waals surface area contributed by atoms with E-state index >= 15 is 0 Å². The summed E-state index contributed by atoms with van der Waals surface area (Å²) in [6, 6.07) is -0.344. The maximum Gasteiger partial charge on any atom is 0.325 e. The third-order valence-corrected chi connectivity index (χ3v) is 5.85. The van der Waals surface area contributed by atoms with Gasteiger partial charge in [0.05, 0.1) is 0 Å². The van der Waals surface area contributed by atoms with Crippen LogP contribution in [-0.4, -0.2) is 40.9 Å². The summed E-state index contributed by atoms with van der Waals surface area (Å²) in [6.07, 6.45) is 5.32. The summed E-state index contributed by atoms with van der Waals surface area (Å²) in [5.74, 6) is 0.0906. The molecule has 0 radical (unpaired) electrons. The molecule has 1 saturated heterocycles. The van der Waals surface area contributed by atoms with Gasteiger partial charge in [0.1, 0.15) is 12.1 Å². The van der Waals surface area contributed by atoms with E-state index in [9.17, 15) is 14.4 Å². The van der Waals surface area contributed by atoms with Gasteiger partial charge in [0.25, 0.3) is 5.91 Å². The average molecular weight is 337 g/mol. The molecule has 2 rings (SSSR count). The van der Waals surface area contributed by atoms with E-state index in [0.717, 1.165) is 37.0 Å². The molecule has 0 unspecified atom stereocenters. The Kier molecular flexibility index (Phi) is 5.25. The number of imide groups is 1. The molecule has 136 valence electrons. The van der Waals surface area contributed by atoms with Crippen LogP contribution in [0.2, 0.25) is 0 Å². The van der Waals surface area contributed by atoms with E-state index in [0.29, 0.717) is 11.3 Å². The molecular weight excluding hydrogens is 306 g/mol. The fourth-order valence-corrected chi connectivity index (χ4v) is 3.69. The van der Waals surface area contributed by atoms with Crippen molar-refractivity contribution in [1.29, 1.82) is 0 Å². The SMILES string of the molecule is CCC(C)(C)C1CCC(NC(=O)CN2C(=O)NC(C)(C)C2=O)CC1. The Hall–Kier alpha value is -1.59. The van der Waals surface area contributed by atoms with Crippen molar-refractivity contribution in [2.24, 2.45) is 11.3 Å². The van der Waals surface area contributed by atoms with Gasteiger partial charge in [-0.25, -0.2) is 4.79 Å². The highest BCUT2D eigenvalue weighted by molar-refractivity contribution is 6.08. The summed E-state index contributed by atoms with van der Waals surface area (Å²) in [6.45, 7) is 9.94. The Labute approximate surface area is 144 Å². The zero-order valence-electron chi connectivity index (χ0n) is 15.6. The van der Waals surface area contributed by atoms with Crippen LogP contribution >= 0.6 is 0 Å². The van der Waals surface area contributed by atoms with Crippen molar-refractivity contribution in [3.05, 3.63) is 0 Å². The lowest BCUT2D eigenvalue weighted by atomic mass is 9.69. The van der Waals surface area contributed by atoms with Crippen LogP contribution in [0.4, 0.5) is 4.79 Å². The van der Waals surface area contributed by atoms with Crippen LogP contribution in [0.1, 0.15) is 66.7 Å². The highest BCUT2D eigenvalue weighted by atomic mass is 16.2. The molecular formula is C18H31N3O3. The first kappa shape index (κ1) is 18.7. The first-order valence-electron chi connectivity index (χ1n) is 9.00. The zero-order valence-corrected chi connectivity index (χ0v) is 15.6. The van der Waals surface area contributed by atoms with Crippen LogP contribution in [-0.2, 0) is 9.59 Å². The third-order valence-electron chi connectivity index (χ3n) is 5.85. The zero-order chi connectivity index (χ0) is 18.1. The summed E-state index contributed by atoms with van der Waals surface area (Å²) in [5, 5.41) is 5.58. The van der Waals surface area contributed by atoms with Gasteiger partial charge in [-0.1, -0.05) is 27.2 Å². The van der Waals surface area contributed by atoms with Crippen molar-refractivity contribution in [2.45, 2.75) is 78.3 Å². The molecule has 24 heavy (non-hydrogen) atoms. The first-order valence-corrected chi connectivity index (χ1v) is 9.00. The van der Waals surface area contributed by atoms with Gasteiger partial charge < -0.3 is 10.6 Å². The van der Waals surface area contributed by atoms with Gasteiger partial charge in [-0.05, 0) is 50.9 Å². The molecule has 0 aromatic heterocycles. The second-order valence-electron chi connectivity index (χ2n) is 8.40. The molecule has 6 heteroatoms. The van der Waals surface area contributed by atoms with Crippen molar-refractivity contribution in [3.8, 4) is 0 Å². The standard InChI is InChI=1S/C18H31N3O3/c1-6-17(2,3)12-7-9-13(10-8-12)19-14(22)11-21-15(23)18(4,5)20-16(21)24/h12-13H,6-11H2,1-5H3,(H,19,22)(H,20,24). The number of carbonyl (C=O) groups is 3. The predicted molar refractivity (Wildman–Crippen MR) is 92.3 cm³/mol. The van der Waals surface area contributed by atoms with E-state index < -0.39 is 11.6 Å². The number of carbonyl (C=O) groups excluding carboxylic acids is 3. The number of nitrogens with zero attached hydrogens (tertiary/aromatic N) is 1. The molecule has 2 N–H and O–H groups in total. The van der Waals surface area contributed by atoms with E-state index in [4.69, 9.17) is 0 Å². The quantitative estimate of drug-likeness (QED) is 0.756. The lowest BCUT2D eigenvalue weighted by Crippen LogP contribution is -2.46. The molecule has 1 aliphatic carbocycles. The van der Waals surface area contributed by atoms with Crippen molar-refractivity contribution in [1.82, 2.24) is 15.5 Å². The van der Waals surface area contributed by atoms with Crippen LogP contribution in [0.5, 0.6) is 0 Å². The van der Waals surface area contributed by atoms with Crippen molar-refractivity contribution in [3.63, 3.8) is 0 Å². The van der Waals surface area contributed by atoms with Gasteiger partial charge in [-0.2, -0.15) is 0 Å². The maximum absolute atomic E-state index is 12.2. The van der Waals surface area contributed by atoms with Gasteiger partial charge in [-0.15, -0.1) is 0 Å². The molecule has 2 aliphatic rings. The minimum atomic E-state index is -0.929. The van der Waals surface area contributed by atoms with Gasteiger partial charge in [-0.3, -0.25) is 14.5 Å². The Morgan fingerprint density at radius 3 is 2.29 bits per heavy atom. The average Bonchev–Trinajstić information content (AvgIpc) is 2.70. The lowest BCUT2D eigenvalue weighted by Gasteiger charge is -2.39. The van der Waals surface area contributed by atoms with Crippen molar-refractivity contribution < 1.29 is 14.4 Å². The Morgan fingerprint density at radius 1 is 1.25 bits per heavy atom. The summed E-state index contributed by atoms with van der Waals surface area (Å²) in [5.41, 5.74) is -0.582. The summed E-state index contributed by atoms with van der Waals surface area (Å²) in [4.78, 5) is 37.2. The van der Waals surface area contributed by atoms with Crippen molar-refractivity contribution in [2.75, 3.05) is 6.54 Å². The van der Waals surface area contributed by atoms with Crippen LogP contribution in [0.3, 0.4) is 0 Å². The fraction of sp³-hybridized carbons (Fsp3) is 0.833. The molecule has 2 fully saturated rings. The number of nitrogens with one attached hydrogen (secondary N) is 2. The Bertz CT molecular complexity index is 520. The number of hydrogen-bond acceptors (Lipinski definition) is 3. The van der Waals surface area contributed by atoms with Gasteiger partial charge in [0.15, 0.2) is 0 Å². The van der Waals surface area contributed by atoms with Gasteiger partial charge in [0, 0.05) is 6.04 Å². The van der Waals surface area contributed by atoms with Crippen LogP contribution in [0.25, 0.3) is 0 Å². The Morgan fingerprint density at radius 2 is 1.83 bits per heavy atom. The highest BCUT2D eigenvalue weighted by Gasteiger charge is 2.45. The van der Waals surface area contributed by atoms with Crippen molar-refractivity contribution >= 4 is 17.8 Å². The maximum atomic E-state index is 12.2. The van der Waals surface area contributed by atoms with E-state index in [-0.39, 0.29) is 24.4 Å². The smallest absolute Gasteiger partial charge is 0.325 e.